The van der Waals surface area contributed by atoms with Crippen molar-refractivity contribution in [2.45, 2.75) is 44.4 Å². The smallest absolute Gasteiger partial charge is 0.433 e. The fraction of sp³-hybridized carbons (Fsp3) is 0.360. The summed E-state index contributed by atoms with van der Waals surface area (Å²) in [5.74, 6) is -3.43. The molecule has 1 saturated carbocycles. The third-order valence-corrected chi connectivity index (χ3v) is 7.09. The Morgan fingerprint density at radius 2 is 1.72 bits per heavy atom. The predicted molar refractivity (Wildman–Crippen MR) is 133 cm³/mol. The Morgan fingerprint density at radius 1 is 1.05 bits per heavy atom. The highest BCUT2D eigenvalue weighted by molar-refractivity contribution is 6.39. The molecule has 0 radical (unpaired) electrons. The van der Waals surface area contributed by atoms with Crippen molar-refractivity contribution >= 4 is 40.9 Å². The predicted octanol–water partition coefficient (Wildman–Crippen LogP) is 5.34. The van der Waals surface area contributed by atoms with Crippen LogP contribution in [-0.2, 0) is 17.5 Å². The number of carbonyl (C=O) groups is 3. The Morgan fingerprint density at radius 3 is 2.28 bits per heavy atom. The molecule has 0 saturated heterocycles. The average molecular weight is 584 g/mol. The summed E-state index contributed by atoms with van der Waals surface area (Å²) in [6.45, 7) is -0.928. The van der Waals surface area contributed by atoms with Gasteiger partial charge in [-0.3, -0.25) is 29.0 Å². The summed E-state index contributed by atoms with van der Waals surface area (Å²) in [6, 6.07) is 4.09. The number of nitrogens with zero attached hydrogens (tertiary/aromatic N) is 5. The number of carbonyl (C=O) groups excluding carboxylic acids is 2. The molecule has 1 amide bonds. The summed E-state index contributed by atoms with van der Waals surface area (Å²) in [7, 11) is 0. The van der Waals surface area contributed by atoms with Gasteiger partial charge in [0.2, 0.25) is 0 Å². The van der Waals surface area contributed by atoms with Crippen LogP contribution in [0.2, 0.25) is 10.0 Å². The number of halogens is 5. The maximum Gasteiger partial charge on any atom is 0.433 e. The summed E-state index contributed by atoms with van der Waals surface area (Å²) in [5.41, 5.74) is -1.78. The molecule has 3 heterocycles. The molecule has 0 atom stereocenters. The van der Waals surface area contributed by atoms with Crippen molar-refractivity contribution in [3.63, 3.8) is 0 Å². The lowest BCUT2D eigenvalue weighted by Gasteiger charge is -2.28. The molecule has 1 aliphatic carbocycles. The van der Waals surface area contributed by atoms with Crippen molar-refractivity contribution in [1.82, 2.24) is 24.6 Å². The quantitative estimate of drug-likeness (QED) is 0.355. The monoisotopic (exact) mass is 583 g/mol. The average Bonchev–Trinajstić information content (AvgIpc) is 3.34. The van der Waals surface area contributed by atoms with Gasteiger partial charge in [-0.05, 0) is 37.8 Å². The van der Waals surface area contributed by atoms with Crippen LogP contribution < -0.4 is 0 Å². The second-order valence-corrected chi connectivity index (χ2v) is 9.89. The number of aromatic nitrogens is 4. The lowest BCUT2D eigenvalue weighted by Crippen LogP contribution is -2.37. The van der Waals surface area contributed by atoms with E-state index in [1.54, 1.807) is 18.2 Å². The lowest BCUT2D eigenvalue weighted by molar-refractivity contribution is -0.147. The summed E-state index contributed by atoms with van der Waals surface area (Å²) in [4.78, 5) is 46.9. The first-order valence-corrected chi connectivity index (χ1v) is 12.6. The Labute approximate surface area is 230 Å². The fourth-order valence-corrected chi connectivity index (χ4v) is 5.21. The molecule has 0 spiro atoms. The highest BCUT2D eigenvalue weighted by atomic mass is 35.5. The van der Waals surface area contributed by atoms with Gasteiger partial charge < -0.3 is 10.0 Å². The topological polar surface area (TPSA) is 118 Å². The number of amides is 1. The highest BCUT2D eigenvalue weighted by Gasteiger charge is 2.43. The molecule has 206 valence electrons. The zero-order chi connectivity index (χ0) is 28.3. The number of ketones is 1. The van der Waals surface area contributed by atoms with E-state index in [1.165, 1.54) is 18.6 Å². The van der Waals surface area contributed by atoms with Gasteiger partial charge in [0.1, 0.15) is 0 Å². The molecule has 1 fully saturated rings. The molecule has 0 bridgehead atoms. The number of carboxylic acid groups (broad SMARTS) is 1. The standard InChI is InChI=1S/C25H22Cl2F3N5O4/c26-18-10-31-11-19(27)21(18)20(36)13-34(12-15-3-1-2-8-32-15)23(37)17-9-33-35(22(17)25(28,29)30)16-6-4-14(5-7-16)24(38)39/h1-3,8-11,14,16H,4-7,12-13H2,(H,38,39). The maximum atomic E-state index is 14.3. The van der Waals surface area contributed by atoms with Crippen LogP contribution >= 0.6 is 23.2 Å². The van der Waals surface area contributed by atoms with Gasteiger partial charge in [-0.25, -0.2) is 0 Å². The second kappa shape index (κ2) is 11.7. The summed E-state index contributed by atoms with van der Waals surface area (Å²) >= 11 is 12.2. The van der Waals surface area contributed by atoms with E-state index in [1.807, 2.05) is 0 Å². The van der Waals surface area contributed by atoms with Crippen molar-refractivity contribution in [2.24, 2.45) is 5.92 Å². The van der Waals surface area contributed by atoms with E-state index in [-0.39, 0.29) is 47.8 Å². The molecule has 14 heteroatoms. The lowest BCUT2D eigenvalue weighted by atomic mass is 9.86. The Hall–Kier alpha value is -3.51. The van der Waals surface area contributed by atoms with E-state index >= 15 is 0 Å². The van der Waals surface area contributed by atoms with Crippen LogP contribution in [0.5, 0.6) is 0 Å². The molecule has 0 unspecified atom stereocenters. The Bertz CT molecular complexity index is 1360. The van der Waals surface area contributed by atoms with Gasteiger partial charge in [0.05, 0.1) is 58.1 Å². The Balaban J connectivity index is 1.69. The van der Waals surface area contributed by atoms with Crippen molar-refractivity contribution in [1.29, 1.82) is 0 Å². The third-order valence-electron chi connectivity index (χ3n) is 6.52. The molecule has 0 aromatic carbocycles. The first-order valence-electron chi connectivity index (χ1n) is 11.9. The second-order valence-electron chi connectivity index (χ2n) is 9.08. The van der Waals surface area contributed by atoms with E-state index < -0.39 is 53.6 Å². The molecule has 0 aliphatic heterocycles. The van der Waals surface area contributed by atoms with Crippen LogP contribution in [0.3, 0.4) is 0 Å². The molecule has 1 N–H and O–H groups in total. The van der Waals surface area contributed by atoms with Gasteiger partial charge >= 0.3 is 12.1 Å². The molecule has 1 aliphatic rings. The normalized spacial score (nSPS) is 17.6. The van der Waals surface area contributed by atoms with E-state index in [9.17, 15) is 32.7 Å². The van der Waals surface area contributed by atoms with E-state index in [2.05, 4.69) is 15.1 Å². The molecular weight excluding hydrogens is 562 g/mol. The van der Waals surface area contributed by atoms with E-state index in [4.69, 9.17) is 23.2 Å². The van der Waals surface area contributed by atoms with Crippen molar-refractivity contribution < 1.29 is 32.7 Å². The minimum absolute atomic E-state index is 0.0708. The van der Waals surface area contributed by atoms with Crippen LogP contribution in [0.25, 0.3) is 0 Å². The largest absolute Gasteiger partial charge is 0.481 e. The zero-order valence-electron chi connectivity index (χ0n) is 20.2. The maximum absolute atomic E-state index is 14.3. The van der Waals surface area contributed by atoms with Crippen LogP contribution in [0.15, 0.2) is 43.0 Å². The molecule has 39 heavy (non-hydrogen) atoms. The fourth-order valence-electron chi connectivity index (χ4n) is 4.63. The highest BCUT2D eigenvalue weighted by Crippen LogP contribution is 2.39. The summed E-state index contributed by atoms with van der Waals surface area (Å²) < 4.78 is 43.8. The Kier molecular flexibility index (Phi) is 8.55. The number of rotatable bonds is 8. The minimum Gasteiger partial charge on any atom is -0.481 e. The molecular formula is C25H22Cl2F3N5O4. The van der Waals surface area contributed by atoms with Gasteiger partial charge in [0, 0.05) is 18.6 Å². The number of aliphatic carboxylic acids is 1. The van der Waals surface area contributed by atoms with Crippen molar-refractivity contribution in [3.05, 3.63) is 75.5 Å². The molecule has 9 nitrogen and oxygen atoms in total. The first kappa shape index (κ1) is 28.5. The van der Waals surface area contributed by atoms with Crippen molar-refractivity contribution in [2.75, 3.05) is 6.54 Å². The molecule has 4 rings (SSSR count). The van der Waals surface area contributed by atoms with E-state index in [0.29, 0.717) is 5.69 Å². The molecule has 3 aromatic rings. The van der Waals surface area contributed by atoms with Crippen LogP contribution in [-0.4, -0.2) is 54.0 Å². The summed E-state index contributed by atoms with van der Waals surface area (Å²) in [6.07, 6.45) is 0.397. The van der Waals surface area contributed by atoms with Gasteiger partial charge in [0.25, 0.3) is 5.91 Å². The van der Waals surface area contributed by atoms with Gasteiger partial charge in [-0.15, -0.1) is 0 Å². The SMILES string of the molecule is O=C(CN(Cc1ccccn1)C(=O)c1cnn(C2CCC(C(=O)O)CC2)c1C(F)(F)F)c1c(Cl)cncc1Cl. The number of Topliss-reactive ketones (excluding diaryl/α,β-unsaturated/α-hetero) is 1. The van der Waals surface area contributed by atoms with Crippen LogP contribution in [0.1, 0.15) is 63.8 Å². The minimum atomic E-state index is -4.95. The van der Waals surface area contributed by atoms with Crippen LogP contribution in [0, 0.1) is 5.92 Å². The van der Waals surface area contributed by atoms with E-state index in [0.717, 1.165) is 15.8 Å². The van der Waals surface area contributed by atoms with Gasteiger partial charge in [0.15, 0.2) is 11.5 Å². The first-order chi connectivity index (χ1) is 18.5. The number of hydrogen-bond acceptors (Lipinski definition) is 6. The number of alkyl halides is 3. The van der Waals surface area contributed by atoms with Gasteiger partial charge in [-0.1, -0.05) is 29.3 Å². The number of carboxylic acids is 1. The third kappa shape index (κ3) is 6.39. The number of hydrogen-bond donors (Lipinski definition) is 1. The van der Waals surface area contributed by atoms with Gasteiger partial charge in [-0.2, -0.15) is 18.3 Å². The molecule has 3 aromatic heterocycles. The van der Waals surface area contributed by atoms with Crippen LogP contribution in [0.4, 0.5) is 13.2 Å². The number of pyridine rings is 2. The summed E-state index contributed by atoms with van der Waals surface area (Å²) in [5, 5.41) is 13.0. The van der Waals surface area contributed by atoms with Crippen molar-refractivity contribution in [3.8, 4) is 0 Å². The zero-order valence-corrected chi connectivity index (χ0v) is 21.7.